The minimum atomic E-state index is -0.432. The zero-order chi connectivity index (χ0) is 19.1. The summed E-state index contributed by atoms with van der Waals surface area (Å²) >= 11 is 0. The molecule has 0 saturated carbocycles. The van der Waals surface area contributed by atoms with Crippen molar-refractivity contribution in [1.29, 1.82) is 0 Å². The average Bonchev–Trinajstić information content (AvgIpc) is 2.68. The molecule has 0 aliphatic heterocycles. The van der Waals surface area contributed by atoms with Crippen LogP contribution in [0.5, 0.6) is 5.75 Å². The number of carbonyl (C=O) groups is 1. The monoisotopic (exact) mass is 366 g/mol. The van der Waals surface area contributed by atoms with Crippen molar-refractivity contribution in [3.05, 3.63) is 77.9 Å². The normalized spacial score (nSPS) is 10.3. The number of nitrogens with zero attached hydrogens (tertiary/aromatic N) is 2. The van der Waals surface area contributed by atoms with Crippen molar-refractivity contribution in [3.8, 4) is 5.75 Å². The Morgan fingerprint density at radius 1 is 1.15 bits per heavy atom. The first-order valence-electron chi connectivity index (χ1n) is 8.41. The molecule has 0 radical (unpaired) electrons. The second kappa shape index (κ2) is 8.75. The van der Waals surface area contributed by atoms with E-state index in [9.17, 15) is 9.18 Å². The van der Waals surface area contributed by atoms with Gasteiger partial charge in [0.05, 0.1) is 7.11 Å². The van der Waals surface area contributed by atoms with Crippen molar-refractivity contribution in [2.75, 3.05) is 24.3 Å². The molecule has 0 bridgehead atoms. The predicted octanol–water partition coefficient (Wildman–Crippen LogP) is 3.53. The lowest BCUT2D eigenvalue weighted by atomic mass is 10.1. The van der Waals surface area contributed by atoms with Crippen LogP contribution < -0.4 is 15.4 Å². The molecule has 7 heteroatoms. The number of amides is 1. The molecule has 3 rings (SSSR count). The Morgan fingerprint density at radius 2 is 2.00 bits per heavy atom. The van der Waals surface area contributed by atoms with E-state index in [0.29, 0.717) is 18.2 Å². The third-order valence-corrected chi connectivity index (χ3v) is 3.80. The fraction of sp³-hybridized carbons (Fsp3) is 0.150. The maximum atomic E-state index is 13.2. The number of halogens is 1. The van der Waals surface area contributed by atoms with Gasteiger partial charge in [-0.1, -0.05) is 18.2 Å². The summed E-state index contributed by atoms with van der Waals surface area (Å²) in [4.78, 5) is 20.6. The number of benzene rings is 2. The molecule has 138 valence electrons. The molecule has 1 aromatic heterocycles. The second-order valence-corrected chi connectivity index (χ2v) is 5.76. The van der Waals surface area contributed by atoms with Crippen LogP contribution in [0.15, 0.2) is 60.8 Å². The predicted molar refractivity (Wildman–Crippen MR) is 102 cm³/mol. The summed E-state index contributed by atoms with van der Waals surface area (Å²) in [5.74, 6) is 0.304. The van der Waals surface area contributed by atoms with Gasteiger partial charge in [0.2, 0.25) is 5.95 Å². The number of aromatic nitrogens is 2. The standard InChI is InChI=1S/C20H19FN4O2/c1-27-17-7-2-4-14(12-17)8-10-22-20-23-11-9-18(25-20)19(26)24-16-6-3-5-15(21)13-16/h2-7,9,11-13H,8,10H2,1H3,(H,24,26)(H,22,23,25). The van der Waals surface area contributed by atoms with Crippen LogP contribution in [0.1, 0.15) is 16.1 Å². The van der Waals surface area contributed by atoms with Crippen molar-refractivity contribution >= 4 is 17.5 Å². The summed E-state index contributed by atoms with van der Waals surface area (Å²) < 4.78 is 18.4. The van der Waals surface area contributed by atoms with Crippen LogP contribution in [-0.4, -0.2) is 29.5 Å². The van der Waals surface area contributed by atoms with Gasteiger partial charge in [-0.25, -0.2) is 14.4 Å². The highest BCUT2D eigenvalue weighted by Crippen LogP contribution is 2.13. The number of anilines is 2. The Balaban J connectivity index is 1.58. The zero-order valence-electron chi connectivity index (χ0n) is 14.8. The molecule has 0 aliphatic rings. The van der Waals surface area contributed by atoms with Crippen molar-refractivity contribution < 1.29 is 13.9 Å². The molecular weight excluding hydrogens is 347 g/mol. The summed E-state index contributed by atoms with van der Waals surface area (Å²) in [6.07, 6.45) is 2.25. The Morgan fingerprint density at radius 3 is 2.81 bits per heavy atom. The van der Waals surface area contributed by atoms with Gasteiger partial charge in [-0.15, -0.1) is 0 Å². The number of nitrogens with one attached hydrogen (secondary N) is 2. The SMILES string of the molecule is COc1cccc(CCNc2nccc(C(=O)Nc3cccc(F)c3)n2)c1. The number of rotatable bonds is 7. The maximum Gasteiger partial charge on any atom is 0.274 e. The fourth-order valence-electron chi connectivity index (χ4n) is 2.48. The molecule has 1 amide bonds. The van der Waals surface area contributed by atoms with Crippen LogP contribution in [0.2, 0.25) is 0 Å². The van der Waals surface area contributed by atoms with Crippen LogP contribution in [0.4, 0.5) is 16.0 Å². The summed E-state index contributed by atoms with van der Waals surface area (Å²) in [6.45, 7) is 0.599. The second-order valence-electron chi connectivity index (χ2n) is 5.76. The van der Waals surface area contributed by atoms with Crippen molar-refractivity contribution in [2.45, 2.75) is 6.42 Å². The van der Waals surface area contributed by atoms with Gasteiger partial charge in [0, 0.05) is 18.4 Å². The van der Waals surface area contributed by atoms with Gasteiger partial charge in [0.15, 0.2) is 0 Å². The van der Waals surface area contributed by atoms with Crippen LogP contribution in [0.3, 0.4) is 0 Å². The van der Waals surface area contributed by atoms with Crippen molar-refractivity contribution in [1.82, 2.24) is 9.97 Å². The van der Waals surface area contributed by atoms with E-state index in [1.54, 1.807) is 13.2 Å². The minimum Gasteiger partial charge on any atom is -0.497 e. The Labute approximate surface area is 156 Å². The largest absolute Gasteiger partial charge is 0.497 e. The van der Waals surface area contributed by atoms with Crippen LogP contribution in [0, 0.1) is 5.82 Å². The van der Waals surface area contributed by atoms with Crippen molar-refractivity contribution in [3.63, 3.8) is 0 Å². The van der Waals surface area contributed by atoms with Crippen LogP contribution in [0.25, 0.3) is 0 Å². The highest BCUT2D eigenvalue weighted by molar-refractivity contribution is 6.02. The lowest BCUT2D eigenvalue weighted by molar-refractivity contribution is 0.102. The number of hydrogen-bond donors (Lipinski definition) is 2. The van der Waals surface area contributed by atoms with E-state index in [1.165, 1.54) is 30.5 Å². The summed E-state index contributed by atoms with van der Waals surface area (Å²) in [7, 11) is 1.63. The molecule has 0 unspecified atom stereocenters. The average molecular weight is 366 g/mol. The molecule has 2 N–H and O–H groups in total. The molecule has 3 aromatic rings. The first-order chi connectivity index (χ1) is 13.1. The minimum absolute atomic E-state index is 0.193. The van der Waals surface area contributed by atoms with E-state index in [4.69, 9.17) is 4.74 Å². The smallest absolute Gasteiger partial charge is 0.274 e. The number of ether oxygens (including phenoxy) is 1. The molecule has 0 atom stereocenters. The molecule has 6 nitrogen and oxygen atoms in total. The van der Waals surface area contributed by atoms with Gasteiger partial charge in [-0.05, 0) is 48.4 Å². The van der Waals surface area contributed by atoms with E-state index in [2.05, 4.69) is 20.6 Å². The van der Waals surface area contributed by atoms with Gasteiger partial charge >= 0.3 is 0 Å². The van der Waals surface area contributed by atoms with E-state index in [1.807, 2.05) is 24.3 Å². The first-order valence-corrected chi connectivity index (χ1v) is 8.41. The van der Waals surface area contributed by atoms with E-state index >= 15 is 0 Å². The van der Waals surface area contributed by atoms with Crippen molar-refractivity contribution in [2.24, 2.45) is 0 Å². The Hall–Kier alpha value is -3.48. The third kappa shape index (κ3) is 5.24. The Bertz CT molecular complexity index is 933. The molecule has 0 spiro atoms. The fourth-order valence-corrected chi connectivity index (χ4v) is 2.48. The molecular formula is C20H19FN4O2. The summed E-state index contributed by atoms with van der Waals surface area (Å²) in [5, 5.41) is 5.71. The van der Waals surface area contributed by atoms with E-state index in [-0.39, 0.29) is 5.69 Å². The first kappa shape index (κ1) is 18.3. The van der Waals surface area contributed by atoms with E-state index in [0.717, 1.165) is 17.7 Å². The van der Waals surface area contributed by atoms with Crippen LogP contribution in [-0.2, 0) is 6.42 Å². The lowest BCUT2D eigenvalue weighted by Gasteiger charge is -2.08. The highest BCUT2D eigenvalue weighted by atomic mass is 19.1. The topological polar surface area (TPSA) is 76.1 Å². The van der Waals surface area contributed by atoms with Gasteiger partial charge < -0.3 is 15.4 Å². The summed E-state index contributed by atoms with van der Waals surface area (Å²) in [5.41, 5.74) is 1.67. The highest BCUT2D eigenvalue weighted by Gasteiger charge is 2.09. The number of methoxy groups -OCH3 is 1. The zero-order valence-corrected chi connectivity index (χ0v) is 14.8. The molecule has 0 fully saturated rings. The molecule has 1 heterocycles. The van der Waals surface area contributed by atoms with Gasteiger partial charge in [0.25, 0.3) is 5.91 Å². The van der Waals surface area contributed by atoms with Gasteiger partial charge in [-0.2, -0.15) is 0 Å². The van der Waals surface area contributed by atoms with Gasteiger partial charge in [-0.3, -0.25) is 4.79 Å². The lowest BCUT2D eigenvalue weighted by Crippen LogP contribution is -2.16. The summed E-state index contributed by atoms with van der Waals surface area (Å²) in [6, 6.07) is 15.0. The third-order valence-electron chi connectivity index (χ3n) is 3.80. The number of hydrogen-bond acceptors (Lipinski definition) is 5. The molecule has 0 saturated heterocycles. The Kier molecular flexibility index (Phi) is 5.94. The quantitative estimate of drug-likeness (QED) is 0.669. The molecule has 2 aromatic carbocycles. The maximum absolute atomic E-state index is 13.2. The molecule has 27 heavy (non-hydrogen) atoms. The van der Waals surface area contributed by atoms with Crippen LogP contribution >= 0.6 is 0 Å². The molecule has 0 aliphatic carbocycles. The number of carbonyl (C=O) groups excluding carboxylic acids is 1. The van der Waals surface area contributed by atoms with E-state index < -0.39 is 11.7 Å². The van der Waals surface area contributed by atoms with Gasteiger partial charge in [0.1, 0.15) is 17.3 Å².